The maximum atomic E-state index is 13.3. The summed E-state index contributed by atoms with van der Waals surface area (Å²) in [5.74, 6) is -0.401. The molecule has 0 aliphatic heterocycles. The average Bonchev–Trinajstić information content (AvgIpc) is 2.83. The van der Waals surface area contributed by atoms with E-state index in [0.717, 1.165) is 36.8 Å². The van der Waals surface area contributed by atoms with Gasteiger partial charge in [-0.15, -0.1) is 0 Å². The number of fused-ring (bicyclic) bond motifs is 2. The second kappa shape index (κ2) is 9.77. The van der Waals surface area contributed by atoms with Crippen LogP contribution in [0.1, 0.15) is 54.1 Å². The molecule has 1 amide bonds. The van der Waals surface area contributed by atoms with E-state index in [0.29, 0.717) is 23.2 Å². The van der Waals surface area contributed by atoms with Crippen molar-refractivity contribution in [2.45, 2.75) is 52.6 Å². The molecule has 0 bridgehead atoms. The Morgan fingerprint density at radius 1 is 1.15 bits per heavy atom. The summed E-state index contributed by atoms with van der Waals surface area (Å²) in [6, 6.07) is 8.88. The topological polar surface area (TPSA) is 105 Å². The molecule has 0 aliphatic carbocycles. The van der Waals surface area contributed by atoms with E-state index >= 15 is 0 Å². The van der Waals surface area contributed by atoms with Crippen LogP contribution < -0.4 is 16.4 Å². The lowest BCUT2D eigenvalue weighted by Gasteiger charge is -2.15. The van der Waals surface area contributed by atoms with Gasteiger partial charge in [-0.25, -0.2) is 4.98 Å². The Morgan fingerprint density at radius 2 is 2.00 bits per heavy atom. The van der Waals surface area contributed by atoms with Crippen molar-refractivity contribution in [3.05, 3.63) is 81.5 Å². The summed E-state index contributed by atoms with van der Waals surface area (Å²) in [6.45, 7) is 4.85. The maximum Gasteiger partial charge on any atom is 0.267 e. The molecule has 0 saturated carbocycles. The van der Waals surface area contributed by atoms with Crippen molar-refractivity contribution >= 4 is 22.6 Å². The van der Waals surface area contributed by atoms with Gasteiger partial charge in [-0.3, -0.25) is 24.4 Å². The summed E-state index contributed by atoms with van der Waals surface area (Å²) >= 11 is 0. The molecule has 4 aromatic heterocycles. The number of nitrogens with one attached hydrogen (secondary N) is 2. The minimum atomic E-state index is -0.401. The first-order valence-corrected chi connectivity index (χ1v) is 11.3. The standard InChI is InChI=1S/C25H28N6O2/c1-3-4-5-6-12-30-21(26)19(24(32)28-16-18-10-7-11-27-15-18)14-20-23(30)29-22-17(2)9-8-13-31(22)25(20)33/h7-11,13-15,26H,3-6,12,16H2,1-2H3,(H,28,32). The first-order valence-electron chi connectivity index (χ1n) is 11.3. The molecule has 0 aliphatic rings. The second-order valence-electron chi connectivity index (χ2n) is 8.20. The maximum absolute atomic E-state index is 13.3. The number of aromatic nitrogens is 4. The lowest BCUT2D eigenvalue weighted by atomic mass is 10.1. The molecule has 0 aromatic carbocycles. The lowest BCUT2D eigenvalue weighted by molar-refractivity contribution is 0.0948. The van der Waals surface area contributed by atoms with Crippen molar-refractivity contribution in [1.82, 2.24) is 24.3 Å². The number of rotatable bonds is 8. The van der Waals surface area contributed by atoms with Gasteiger partial charge in [-0.05, 0) is 42.7 Å². The van der Waals surface area contributed by atoms with Crippen molar-refractivity contribution in [2.75, 3.05) is 0 Å². The van der Waals surface area contributed by atoms with Crippen molar-refractivity contribution in [3.8, 4) is 0 Å². The second-order valence-corrected chi connectivity index (χ2v) is 8.20. The van der Waals surface area contributed by atoms with Crippen LogP contribution in [-0.2, 0) is 13.1 Å². The van der Waals surface area contributed by atoms with Gasteiger partial charge in [-0.1, -0.05) is 38.3 Å². The van der Waals surface area contributed by atoms with E-state index in [1.54, 1.807) is 35.3 Å². The predicted molar refractivity (Wildman–Crippen MR) is 127 cm³/mol. The van der Waals surface area contributed by atoms with Crippen molar-refractivity contribution in [1.29, 1.82) is 5.41 Å². The van der Waals surface area contributed by atoms with Crippen LogP contribution in [0.4, 0.5) is 0 Å². The van der Waals surface area contributed by atoms with Crippen LogP contribution in [0.2, 0.25) is 0 Å². The molecule has 0 fully saturated rings. The molecule has 8 heteroatoms. The number of carbonyl (C=O) groups excluding carboxylic acids is 1. The van der Waals surface area contributed by atoms with Crippen LogP contribution in [0, 0.1) is 12.3 Å². The average molecular weight is 445 g/mol. The van der Waals surface area contributed by atoms with Gasteiger partial charge in [0.1, 0.15) is 16.8 Å². The molecule has 33 heavy (non-hydrogen) atoms. The molecule has 4 heterocycles. The Morgan fingerprint density at radius 3 is 2.76 bits per heavy atom. The van der Waals surface area contributed by atoms with Gasteiger partial charge in [-0.2, -0.15) is 0 Å². The van der Waals surface area contributed by atoms with E-state index in [2.05, 4.69) is 17.2 Å². The summed E-state index contributed by atoms with van der Waals surface area (Å²) < 4.78 is 3.21. The summed E-state index contributed by atoms with van der Waals surface area (Å²) in [6.07, 6.45) is 9.07. The molecule has 0 unspecified atom stereocenters. The molecule has 0 atom stereocenters. The molecule has 0 spiro atoms. The van der Waals surface area contributed by atoms with E-state index in [1.807, 2.05) is 19.1 Å². The quantitative estimate of drug-likeness (QED) is 0.321. The normalized spacial score (nSPS) is 11.2. The highest BCUT2D eigenvalue weighted by Gasteiger charge is 2.18. The summed E-state index contributed by atoms with van der Waals surface area (Å²) in [5, 5.41) is 12.0. The van der Waals surface area contributed by atoms with E-state index in [1.165, 1.54) is 10.5 Å². The van der Waals surface area contributed by atoms with Crippen LogP contribution in [-0.4, -0.2) is 24.8 Å². The number of unbranched alkanes of at least 4 members (excludes halogenated alkanes) is 3. The van der Waals surface area contributed by atoms with Gasteiger partial charge in [0.05, 0.1) is 10.9 Å². The zero-order valence-electron chi connectivity index (χ0n) is 19.0. The fourth-order valence-electron chi connectivity index (χ4n) is 3.96. The number of carbonyl (C=O) groups is 1. The van der Waals surface area contributed by atoms with E-state index in [4.69, 9.17) is 10.4 Å². The first kappa shape index (κ1) is 22.4. The highest BCUT2D eigenvalue weighted by Crippen LogP contribution is 2.14. The predicted octanol–water partition coefficient (Wildman–Crippen LogP) is 3.34. The number of pyridine rings is 3. The minimum Gasteiger partial charge on any atom is -0.348 e. The summed E-state index contributed by atoms with van der Waals surface area (Å²) in [5.41, 5.74) is 2.71. The third-order valence-electron chi connectivity index (χ3n) is 5.79. The number of amides is 1. The molecular formula is C25H28N6O2. The van der Waals surface area contributed by atoms with E-state index in [-0.39, 0.29) is 23.2 Å². The first-order chi connectivity index (χ1) is 16.0. The highest BCUT2D eigenvalue weighted by molar-refractivity contribution is 5.96. The monoisotopic (exact) mass is 444 g/mol. The molecule has 4 aromatic rings. The number of aryl methyl sites for hydroxylation is 2. The van der Waals surface area contributed by atoms with Gasteiger partial charge in [0.2, 0.25) is 0 Å². The van der Waals surface area contributed by atoms with Gasteiger partial charge in [0, 0.05) is 31.7 Å². The lowest BCUT2D eigenvalue weighted by Crippen LogP contribution is -2.35. The Labute approximate surface area is 191 Å². The van der Waals surface area contributed by atoms with Gasteiger partial charge in [0.15, 0.2) is 0 Å². The van der Waals surface area contributed by atoms with Crippen LogP contribution in [0.3, 0.4) is 0 Å². The SMILES string of the molecule is CCCCCCn1c(=N)c(C(=O)NCc2cccnc2)cc2c(=O)n3cccc(C)c3nc21. The van der Waals surface area contributed by atoms with Crippen molar-refractivity contribution in [3.63, 3.8) is 0 Å². The van der Waals surface area contributed by atoms with Crippen molar-refractivity contribution < 1.29 is 4.79 Å². The molecular weight excluding hydrogens is 416 g/mol. The third kappa shape index (κ3) is 4.55. The largest absolute Gasteiger partial charge is 0.348 e. The van der Waals surface area contributed by atoms with Crippen molar-refractivity contribution in [2.24, 2.45) is 0 Å². The zero-order valence-corrected chi connectivity index (χ0v) is 19.0. The van der Waals surface area contributed by atoms with Crippen LogP contribution in [0.5, 0.6) is 0 Å². The third-order valence-corrected chi connectivity index (χ3v) is 5.79. The number of hydrogen-bond acceptors (Lipinski definition) is 5. The number of hydrogen-bond donors (Lipinski definition) is 2. The Kier molecular flexibility index (Phi) is 6.63. The summed E-state index contributed by atoms with van der Waals surface area (Å²) in [7, 11) is 0. The molecule has 0 saturated heterocycles. The smallest absolute Gasteiger partial charge is 0.267 e. The zero-order chi connectivity index (χ0) is 23.4. The minimum absolute atomic E-state index is 0.0625. The van der Waals surface area contributed by atoms with Crippen LogP contribution >= 0.6 is 0 Å². The van der Waals surface area contributed by atoms with Gasteiger partial charge in [0.25, 0.3) is 11.5 Å². The Hall–Kier alpha value is -3.81. The van der Waals surface area contributed by atoms with E-state index in [9.17, 15) is 9.59 Å². The van der Waals surface area contributed by atoms with Gasteiger partial charge >= 0.3 is 0 Å². The molecule has 4 rings (SSSR count). The van der Waals surface area contributed by atoms with Gasteiger partial charge < -0.3 is 9.88 Å². The Bertz CT molecular complexity index is 1420. The summed E-state index contributed by atoms with van der Waals surface area (Å²) in [4.78, 5) is 35.2. The molecule has 0 radical (unpaired) electrons. The van der Waals surface area contributed by atoms with Crippen LogP contribution in [0.25, 0.3) is 16.7 Å². The molecule has 2 N–H and O–H groups in total. The van der Waals surface area contributed by atoms with Crippen LogP contribution in [0.15, 0.2) is 53.7 Å². The molecule has 8 nitrogen and oxygen atoms in total. The van der Waals surface area contributed by atoms with E-state index < -0.39 is 5.91 Å². The fraction of sp³-hybridized carbons (Fsp3) is 0.320. The number of nitrogens with zero attached hydrogens (tertiary/aromatic N) is 4. The Balaban J connectivity index is 1.83. The fourth-order valence-corrected chi connectivity index (χ4v) is 3.96. The highest BCUT2D eigenvalue weighted by atomic mass is 16.1. The molecule has 170 valence electrons.